The van der Waals surface area contributed by atoms with Crippen LogP contribution in [0.25, 0.3) is 11.0 Å². The minimum atomic E-state index is 0.654. The zero-order chi connectivity index (χ0) is 8.55. The summed E-state index contributed by atoms with van der Waals surface area (Å²) in [5.41, 5.74) is 3.12. The van der Waals surface area contributed by atoms with Crippen molar-refractivity contribution in [3.05, 3.63) is 23.3 Å². The van der Waals surface area contributed by atoms with Crippen molar-refractivity contribution in [2.75, 3.05) is 0 Å². The van der Waals surface area contributed by atoms with Gasteiger partial charge in [0.15, 0.2) is 6.29 Å². The van der Waals surface area contributed by atoms with Crippen LogP contribution in [0, 0.1) is 6.92 Å². The minimum Gasteiger partial charge on any atom is -0.298 e. The first kappa shape index (κ1) is 7.36. The summed E-state index contributed by atoms with van der Waals surface area (Å²) >= 11 is 1.13. The standard InChI is InChI=1S/C8H6N2OS/c1-5-2-3-7-8(6(5)4-11)10-12-9-7/h2-4H,1H3. The summed E-state index contributed by atoms with van der Waals surface area (Å²) in [5, 5.41) is 0. The number of benzene rings is 1. The molecule has 2 rings (SSSR count). The molecule has 0 fully saturated rings. The number of carbonyl (C=O) groups excluding carboxylic acids is 1. The van der Waals surface area contributed by atoms with Gasteiger partial charge in [-0.15, -0.1) is 0 Å². The van der Waals surface area contributed by atoms with E-state index >= 15 is 0 Å². The lowest BCUT2D eigenvalue weighted by Gasteiger charge is -1.95. The number of aldehydes is 1. The Hall–Kier alpha value is -1.29. The van der Waals surface area contributed by atoms with E-state index in [1.54, 1.807) is 0 Å². The molecule has 3 nitrogen and oxygen atoms in total. The Morgan fingerprint density at radius 1 is 1.42 bits per heavy atom. The summed E-state index contributed by atoms with van der Waals surface area (Å²) in [6.07, 6.45) is 0.832. The molecule has 0 bridgehead atoms. The molecule has 0 unspecified atom stereocenters. The molecule has 0 saturated carbocycles. The number of nitrogens with zero attached hydrogens (tertiary/aromatic N) is 2. The molecular weight excluding hydrogens is 172 g/mol. The Kier molecular flexibility index (Phi) is 1.62. The molecule has 0 amide bonds. The Bertz CT molecular complexity index is 436. The van der Waals surface area contributed by atoms with Crippen molar-refractivity contribution in [2.45, 2.75) is 6.92 Å². The van der Waals surface area contributed by atoms with Crippen molar-refractivity contribution in [3.63, 3.8) is 0 Å². The molecule has 0 N–H and O–H groups in total. The quantitative estimate of drug-likeness (QED) is 0.625. The lowest BCUT2D eigenvalue weighted by molar-refractivity contribution is 0.112. The number of aryl methyl sites for hydroxylation is 1. The van der Waals surface area contributed by atoms with Crippen molar-refractivity contribution < 1.29 is 4.79 Å². The molecule has 0 saturated heterocycles. The van der Waals surface area contributed by atoms with E-state index in [4.69, 9.17) is 0 Å². The molecular formula is C8H6N2OS. The van der Waals surface area contributed by atoms with Crippen molar-refractivity contribution in [3.8, 4) is 0 Å². The van der Waals surface area contributed by atoms with Gasteiger partial charge in [0.1, 0.15) is 11.0 Å². The zero-order valence-electron chi connectivity index (χ0n) is 6.44. The third kappa shape index (κ3) is 0.921. The summed E-state index contributed by atoms with van der Waals surface area (Å²) in [6.45, 7) is 1.89. The third-order valence-electron chi connectivity index (χ3n) is 1.80. The van der Waals surface area contributed by atoms with E-state index in [9.17, 15) is 4.79 Å². The Balaban J connectivity index is 2.91. The summed E-state index contributed by atoms with van der Waals surface area (Å²) in [6, 6.07) is 3.76. The first-order valence-electron chi connectivity index (χ1n) is 3.50. The maximum absolute atomic E-state index is 10.7. The highest BCUT2D eigenvalue weighted by Crippen LogP contribution is 2.18. The van der Waals surface area contributed by atoms with Gasteiger partial charge in [-0.3, -0.25) is 4.79 Å². The molecule has 1 aromatic carbocycles. The highest BCUT2D eigenvalue weighted by Gasteiger charge is 2.06. The topological polar surface area (TPSA) is 42.9 Å². The molecule has 0 radical (unpaired) electrons. The lowest BCUT2D eigenvalue weighted by atomic mass is 10.1. The van der Waals surface area contributed by atoms with Crippen LogP contribution >= 0.6 is 11.7 Å². The van der Waals surface area contributed by atoms with Crippen LogP contribution < -0.4 is 0 Å². The highest BCUT2D eigenvalue weighted by molar-refractivity contribution is 7.00. The zero-order valence-corrected chi connectivity index (χ0v) is 7.26. The predicted octanol–water partition coefficient (Wildman–Crippen LogP) is 1.81. The Morgan fingerprint density at radius 2 is 2.25 bits per heavy atom. The average Bonchev–Trinajstić information content (AvgIpc) is 2.52. The maximum Gasteiger partial charge on any atom is 0.152 e. The summed E-state index contributed by atoms with van der Waals surface area (Å²) in [4.78, 5) is 10.7. The van der Waals surface area contributed by atoms with Gasteiger partial charge in [0.05, 0.1) is 11.7 Å². The van der Waals surface area contributed by atoms with Crippen molar-refractivity contribution in [1.29, 1.82) is 0 Å². The van der Waals surface area contributed by atoms with Crippen LogP contribution in [-0.2, 0) is 0 Å². The predicted molar refractivity (Wildman–Crippen MR) is 47.5 cm³/mol. The molecule has 1 aromatic heterocycles. The SMILES string of the molecule is Cc1ccc2nsnc2c1C=O. The molecule has 0 aliphatic carbocycles. The van der Waals surface area contributed by atoms with Crippen molar-refractivity contribution in [2.24, 2.45) is 0 Å². The van der Waals surface area contributed by atoms with Crippen LogP contribution in [0.5, 0.6) is 0 Å². The van der Waals surface area contributed by atoms with Crippen LogP contribution in [0.4, 0.5) is 0 Å². The summed E-state index contributed by atoms with van der Waals surface area (Å²) in [7, 11) is 0. The maximum atomic E-state index is 10.7. The van der Waals surface area contributed by atoms with Gasteiger partial charge in [0.2, 0.25) is 0 Å². The van der Waals surface area contributed by atoms with Gasteiger partial charge in [-0.2, -0.15) is 8.75 Å². The van der Waals surface area contributed by atoms with Gasteiger partial charge in [-0.25, -0.2) is 0 Å². The van der Waals surface area contributed by atoms with Crippen LogP contribution in [0.2, 0.25) is 0 Å². The van der Waals surface area contributed by atoms with Gasteiger partial charge >= 0.3 is 0 Å². The molecule has 60 valence electrons. The second-order valence-corrected chi connectivity index (χ2v) is 3.07. The fourth-order valence-corrected chi connectivity index (χ4v) is 1.67. The summed E-state index contributed by atoms with van der Waals surface area (Å²) in [5.74, 6) is 0. The molecule has 4 heteroatoms. The van der Waals surface area contributed by atoms with Crippen LogP contribution in [0.15, 0.2) is 12.1 Å². The van der Waals surface area contributed by atoms with Gasteiger partial charge in [0, 0.05) is 5.56 Å². The largest absolute Gasteiger partial charge is 0.298 e. The number of hydrogen-bond donors (Lipinski definition) is 0. The van der Waals surface area contributed by atoms with Gasteiger partial charge < -0.3 is 0 Å². The number of aromatic nitrogens is 2. The molecule has 0 atom stereocenters. The van der Waals surface area contributed by atoms with E-state index in [1.807, 2.05) is 19.1 Å². The van der Waals surface area contributed by atoms with Gasteiger partial charge in [0.25, 0.3) is 0 Å². The summed E-state index contributed by atoms with van der Waals surface area (Å²) < 4.78 is 8.09. The smallest absolute Gasteiger partial charge is 0.152 e. The average molecular weight is 178 g/mol. The molecule has 0 spiro atoms. The fraction of sp³-hybridized carbons (Fsp3) is 0.125. The lowest BCUT2D eigenvalue weighted by Crippen LogP contribution is -1.87. The first-order chi connectivity index (χ1) is 5.83. The van der Waals surface area contributed by atoms with E-state index in [2.05, 4.69) is 8.75 Å². The Morgan fingerprint density at radius 3 is 3.00 bits per heavy atom. The normalized spacial score (nSPS) is 10.4. The van der Waals surface area contributed by atoms with E-state index < -0.39 is 0 Å². The van der Waals surface area contributed by atoms with Crippen molar-refractivity contribution >= 4 is 29.0 Å². The Labute approximate surface area is 73.4 Å². The van der Waals surface area contributed by atoms with Gasteiger partial charge in [-0.05, 0) is 18.6 Å². The van der Waals surface area contributed by atoms with Crippen LogP contribution in [-0.4, -0.2) is 15.0 Å². The molecule has 12 heavy (non-hydrogen) atoms. The fourth-order valence-electron chi connectivity index (χ4n) is 1.12. The highest BCUT2D eigenvalue weighted by atomic mass is 32.1. The van der Waals surface area contributed by atoms with E-state index in [0.29, 0.717) is 5.56 Å². The third-order valence-corrected chi connectivity index (χ3v) is 2.35. The van der Waals surface area contributed by atoms with Gasteiger partial charge in [-0.1, -0.05) is 6.07 Å². The first-order valence-corrected chi connectivity index (χ1v) is 4.23. The van der Waals surface area contributed by atoms with Crippen molar-refractivity contribution in [1.82, 2.24) is 8.75 Å². The number of fused-ring (bicyclic) bond motifs is 1. The monoisotopic (exact) mass is 178 g/mol. The second-order valence-electron chi connectivity index (χ2n) is 2.55. The molecule has 2 aromatic rings. The number of hydrogen-bond acceptors (Lipinski definition) is 4. The van der Waals surface area contributed by atoms with Crippen LogP contribution in [0.1, 0.15) is 15.9 Å². The second kappa shape index (κ2) is 2.64. The molecule has 0 aliphatic rings. The van der Waals surface area contributed by atoms with E-state index in [-0.39, 0.29) is 0 Å². The minimum absolute atomic E-state index is 0.654. The van der Waals surface area contributed by atoms with E-state index in [1.165, 1.54) is 0 Å². The molecule has 1 heterocycles. The van der Waals surface area contributed by atoms with Crippen LogP contribution in [0.3, 0.4) is 0 Å². The molecule has 0 aliphatic heterocycles. The number of carbonyl (C=O) groups is 1. The van der Waals surface area contributed by atoms with E-state index in [0.717, 1.165) is 34.6 Å². The number of rotatable bonds is 1.